The average Bonchev–Trinajstić information content (AvgIpc) is 2.95. The molecule has 0 aromatic carbocycles. The van der Waals surface area contributed by atoms with Crippen molar-refractivity contribution in [1.29, 1.82) is 5.26 Å². The molecule has 1 aromatic heterocycles. The van der Waals surface area contributed by atoms with Crippen LogP contribution in [0.15, 0.2) is 12.4 Å². The van der Waals surface area contributed by atoms with E-state index in [1.165, 1.54) is 62.5 Å². The first kappa shape index (κ1) is 20.8. The highest BCUT2D eigenvalue weighted by Crippen LogP contribution is 2.30. The van der Waals surface area contributed by atoms with E-state index in [1.807, 2.05) is 13.8 Å². The first-order chi connectivity index (χ1) is 11.2. The lowest BCUT2D eigenvalue weighted by Crippen LogP contribution is -2.20. The molecule has 0 spiro atoms. The molecule has 0 saturated carbocycles. The van der Waals surface area contributed by atoms with Gasteiger partial charge in [-0.2, -0.15) is 5.26 Å². The normalized spacial score (nSPS) is 12.4. The van der Waals surface area contributed by atoms with Crippen LogP contribution in [0.3, 0.4) is 0 Å². The molecule has 0 N–H and O–H groups in total. The van der Waals surface area contributed by atoms with Crippen LogP contribution in [0.25, 0.3) is 0 Å². The van der Waals surface area contributed by atoms with E-state index in [-0.39, 0.29) is 5.54 Å². The molecule has 0 aliphatic carbocycles. The van der Waals surface area contributed by atoms with Crippen molar-refractivity contribution in [3.8, 4) is 6.07 Å². The van der Waals surface area contributed by atoms with Gasteiger partial charge in [-0.05, 0) is 58.6 Å². The van der Waals surface area contributed by atoms with E-state index in [2.05, 4.69) is 50.7 Å². The Labute approximate surface area is 150 Å². The first-order valence-corrected chi connectivity index (χ1v) is 9.85. The lowest BCUT2D eigenvalue weighted by atomic mass is 9.84. The maximum Gasteiger partial charge on any atom is 0.0783 e. The summed E-state index contributed by atoms with van der Waals surface area (Å²) in [6.07, 6.45) is 16.3. The van der Waals surface area contributed by atoms with Gasteiger partial charge in [0.25, 0.3) is 0 Å². The van der Waals surface area contributed by atoms with Crippen LogP contribution in [0.5, 0.6) is 0 Å². The van der Waals surface area contributed by atoms with E-state index in [0.717, 1.165) is 6.42 Å². The summed E-state index contributed by atoms with van der Waals surface area (Å²) in [6, 6.07) is 2.48. The molecule has 2 nitrogen and oxygen atoms in total. The van der Waals surface area contributed by atoms with Gasteiger partial charge in [0.15, 0.2) is 0 Å². The van der Waals surface area contributed by atoms with Crippen LogP contribution in [-0.4, -0.2) is 4.57 Å². The Morgan fingerprint density at radius 2 is 1.42 bits per heavy atom. The lowest BCUT2D eigenvalue weighted by molar-refractivity contribution is 0.396. The van der Waals surface area contributed by atoms with Gasteiger partial charge in [0.2, 0.25) is 0 Å². The third kappa shape index (κ3) is 6.34. The predicted octanol–water partition coefficient (Wildman–Crippen LogP) is 6.73. The summed E-state index contributed by atoms with van der Waals surface area (Å²) >= 11 is 0. The first-order valence-electron chi connectivity index (χ1n) is 9.85. The van der Waals surface area contributed by atoms with Gasteiger partial charge in [0.05, 0.1) is 11.5 Å². The van der Waals surface area contributed by atoms with Crippen molar-refractivity contribution in [3.05, 3.63) is 23.5 Å². The molecule has 1 aromatic rings. The Kier molecular flexibility index (Phi) is 8.07. The molecule has 0 atom stereocenters. The van der Waals surface area contributed by atoms with Crippen molar-refractivity contribution in [2.45, 2.75) is 110 Å². The smallest absolute Gasteiger partial charge is 0.0783 e. The number of hydrogen-bond donors (Lipinski definition) is 0. The quantitative estimate of drug-likeness (QED) is 0.437. The zero-order valence-corrected chi connectivity index (χ0v) is 16.9. The molecule has 0 amide bonds. The van der Waals surface area contributed by atoms with E-state index in [9.17, 15) is 5.26 Å². The maximum absolute atomic E-state index is 9.54. The summed E-state index contributed by atoms with van der Waals surface area (Å²) in [4.78, 5) is 0. The van der Waals surface area contributed by atoms with Gasteiger partial charge in [-0.15, -0.1) is 0 Å². The van der Waals surface area contributed by atoms with Gasteiger partial charge >= 0.3 is 0 Å². The Bertz CT molecular complexity index is 523. The SMILES string of the molecule is CCCCCCCCCCc1cn(C(C)(C)C)cc1C(C)(C)C#N. The zero-order chi connectivity index (χ0) is 18.2. The van der Waals surface area contributed by atoms with E-state index >= 15 is 0 Å². The standard InChI is InChI=1S/C22H38N2/c1-7-8-9-10-11-12-13-14-15-19-16-24(21(2,3)4)17-20(19)22(5,6)18-23/h16-17H,7-15H2,1-6H3. The second-order valence-electron chi connectivity index (χ2n) is 8.74. The fourth-order valence-electron chi connectivity index (χ4n) is 3.16. The van der Waals surface area contributed by atoms with E-state index in [0.29, 0.717) is 0 Å². The Hall–Kier alpha value is -1.23. The predicted molar refractivity (Wildman–Crippen MR) is 104 cm³/mol. The highest BCUT2D eigenvalue weighted by atomic mass is 15.0. The number of nitrogens with zero attached hydrogens (tertiary/aromatic N) is 2. The highest BCUT2D eigenvalue weighted by molar-refractivity contribution is 5.37. The molecule has 0 saturated heterocycles. The number of aromatic nitrogens is 1. The summed E-state index contributed by atoms with van der Waals surface area (Å²) in [5.41, 5.74) is 2.23. The molecule has 1 heterocycles. The number of hydrogen-bond acceptors (Lipinski definition) is 1. The molecule has 0 bridgehead atoms. The summed E-state index contributed by atoms with van der Waals surface area (Å²) in [5, 5.41) is 9.54. The topological polar surface area (TPSA) is 28.7 Å². The van der Waals surface area contributed by atoms with Crippen LogP contribution in [0.4, 0.5) is 0 Å². The van der Waals surface area contributed by atoms with Crippen LogP contribution >= 0.6 is 0 Å². The molecule has 1 rings (SSSR count). The van der Waals surface area contributed by atoms with Crippen LogP contribution in [0, 0.1) is 11.3 Å². The number of aryl methyl sites for hydroxylation is 1. The molecule has 0 fully saturated rings. The van der Waals surface area contributed by atoms with Gasteiger partial charge in [-0.25, -0.2) is 0 Å². The van der Waals surface area contributed by atoms with Crippen LogP contribution in [0.1, 0.15) is 104 Å². The van der Waals surface area contributed by atoms with Crippen molar-refractivity contribution in [2.24, 2.45) is 0 Å². The third-order valence-corrected chi connectivity index (χ3v) is 4.94. The van der Waals surface area contributed by atoms with Gasteiger partial charge in [0.1, 0.15) is 0 Å². The minimum Gasteiger partial charge on any atom is -0.348 e. The molecule has 136 valence electrons. The fraction of sp³-hybridized carbons (Fsp3) is 0.773. The van der Waals surface area contributed by atoms with Gasteiger partial charge in [-0.3, -0.25) is 0 Å². The minimum atomic E-state index is -0.411. The van der Waals surface area contributed by atoms with Gasteiger partial charge in [0, 0.05) is 17.9 Å². The lowest BCUT2D eigenvalue weighted by Gasteiger charge is -2.21. The summed E-state index contributed by atoms with van der Waals surface area (Å²) in [6.45, 7) is 13.0. The Morgan fingerprint density at radius 3 is 1.92 bits per heavy atom. The van der Waals surface area contributed by atoms with E-state index < -0.39 is 5.41 Å². The monoisotopic (exact) mass is 330 g/mol. The largest absolute Gasteiger partial charge is 0.348 e. The molecular weight excluding hydrogens is 292 g/mol. The minimum absolute atomic E-state index is 0.0673. The van der Waals surface area contributed by atoms with Crippen LogP contribution < -0.4 is 0 Å². The second kappa shape index (κ2) is 9.30. The number of unbranched alkanes of at least 4 members (excludes halogenated alkanes) is 7. The molecule has 24 heavy (non-hydrogen) atoms. The fourth-order valence-corrected chi connectivity index (χ4v) is 3.16. The van der Waals surface area contributed by atoms with Gasteiger partial charge < -0.3 is 4.57 Å². The van der Waals surface area contributed by atoms with E-state index in [1.54, 1.807) is 0 Å². The maximum atomic E-state index is 9.54. The average molecular weight is 331 g/mol. The highest BCUT2D eigenvalue weighted by Gasteiger charge is 2.26. The van der Waals surface area contributed by atoms with Crippen molar-refractivity contribution >= 4 is 0 Å². The zero-order valence-electron chi connectivity index (χ0n) is 16.9. The third-order valence-electron chi connectivity index (χ3n) is 4.94. The Morgan fingerprint density at radius 1 is 0.875 bits per heavy atom. The molecular formula is C22H38N2. The molecule has 0 radical (unpaired) electrons. The molecule has 0 aliphatic heterocycles. The number of nitriles is 1. The van der Waals surface area contributed by atoms with E-state index in [4.69, 9.17) is 0 Å². The summed E-state index contributed by atoms with van der Waals surface area (Å²) in [7, 11) is 0. The van der Waals surface area contributed by atoms with Crippen molar-refractivity contribution in [2.75, 3.05) is 0 Å². The van der Waals surface area contributed by atoms with Crippen LogP contribution in [-0.2, 0) is 17.4 Å². The summed E-state index contributed by atoms with van der Waals surface area (Å²) < 4.78 is 2.28. The van der Waals surface area contributed by atoms with Crippen molar-refractivity contribution in [3.63, 3.8) is 0 Å². The molecule has 0 aliphatic rings. The van der Waals surface area contributed by atoms with Crippen molar-refractivity contribution in [1.82, 2.24) is 4.57 Å². The van der Waals surface area contributed by atoms with Gasteiger partial charge in [-0.1, -0.05) is 51.9 Å². The van der Waals surface area contributed by atoms with Crippen molar-refractivity contribution < 1.29 is 0 Å². The molecule has 2 heteroatoms. The molecule has 0 unspecified atom stereocenters. The second-order valence-corrected chi connectivity index (χ2v) is 8.74. The number of rotatable bonds is 10. The van der Waals surface area contributed by atoms with Crippen LogP contribution in [0.2, 0.25) is 0 Å². The summed E-state index contributed by atoms with van der Waals surface area (Å²) in [5.74, 6) is 0. The Balaban J connectivity index is 2.60.